The fourth-order valence-electron chi connectivity index (χ4n) is 3.65. The van der Waals surface area contributed by atoms with E-state index in [1.807, 2.05) is 51.1 Å². The van der Waals surface area contributed by atoms with E-state index in [0.29, 0.717) is 20.5 Å². The van der Waals surface area contributed by atoms with Crippen LogP contribution in [0.3, 0.4) is 0 Å². The molecule has 1 aliphatic rings. The van der Waals surface area contributed by atoms with Crippen LogP contribution in [0.2, 0.25) is 0 Å². The second kappa shape index (κ2) is 10.9. The Kier molecular flexibility index (Phi) is 7.67. The van der Waals surface area contributed by atoms with Gasteiger partial charge in [-0.05, 0) is 68.3 Å². The summed E-state index contributed by atoms with van der Waals surface area (Å²) < 4.78 is 5.60. The van der Waals surface area contributed by atoms with Crippen molar-refractivity contribution < 1.29 is 19.1 Å². The van der Waals surface area contributed by atoms with Crippen LogP contribution in [0.5, 0.6) is 0 Å². The minimum atomic E-state index is -0.609. The molecule has 6 nitrogen and oxygen atoms in total. The van der Waals surface area contributed by atoms with Crippen LogP contribution in [0.4, 0.5) is 11.4 Å². The fraction of sp³-hybridized carbons (Fsp3) is 0.143. The first-order chi connectivity index (χ1) is 17.2. The zero-order valence-corrected chi connectivity index (χ0v) is 21.7. The van der Waals surface area contributed by atoms with Crippen molar-refractivity contribution in [2.75, 3.05) is 16.8 Å². The third-order valence-corrected chi connectivity index (χ3v) is 6.80. The first kappa shape index (κ1) is 25.3. The largest absolute Gasteiger partial charge is 0.452 e. The number of thiocarbonyl (C=S) groups is 1. The number of hydrogen-bond donors (Lipinski definition) is 1. The maximum atomic E-state index is 13.1. The van der Waals surface area contributed by atoms with Crippen molar-refractivity contribution in [3.8, 4) is 0 Å². The lowest BCUT2D eigenvalue weighted by molar-refractivity contribution is -0.119. The summed E-state index contributed by atoms with van der Waals surface area (Å²) in [5.41, 5.74) is 5.62. The molecule has 3 aromatic rings. The van der Waals surface area contributed by atoms with Crippen molar-refractivity contribution in [3.63, 3.8) is 0 Å². The van der Waals surface area contributed by atoms with Gasteiger partial charge < -0.3 is 10.1 Å². The van der Waals surface area contributed by atoms with Crippen molar-refractivity contribution in [1.29, 1.82) is 0 Å². The van der Waals surface area contributed by atoms with E-state index in [1.165, 1.54) is 11.8 Å². The van der Waals surface area contributed by atoms with E-state index < -0.39 is 18.5 Å². The van der Waals surface area contributed by atoms with E-state index in [2.05, 4.69) is 5.32 Å². The number of hydrogen-bond acceptors (Lipinski definition) is 6. The summed E-state index contributed by atoms with van der Waals surface area (Å²) in [4.78, 5) is 39.5. The molecule has 0 atom stereocenters. The van der Waals surface area contributed by atoms with Crippen LogP contribution in [0.1, 0.15) is 32.6 Å². The number of carbonyl (C=O) groups excluding carboxylic acids is 3. The average Bonchev–Trinajstić information content (AvgIpc) is 3.12. The van der Waals surface area contributed by atoms with E-state index in [9.17, 15) is 14.4 Å². The molecule has 1 N–H and O–H groups in total. The van der Waals surface area contributed by atoms with Crippen LogP contribution in [0.25, 0.3) is 6.08 Å². The smallest absolute Gasteiger partial charge is 0.338 e. The molecule has 1 saturated heterocycles. The molecule has 0 spiro atoms. The van der Waals surface area contributed by atoms with Crippen molar-refractivity contribution in [1.82, 2.24) is 0 Å². The minimum absolute atomic E-state index is 0.181. The maximum Gasteiger partial charge on any atom is 0.338 e. The second-order valence-electron chi connectivity index (χ2n) is 8.42. The Bertz CT molecular complexity index is 1380. The van der Waals surface area contributed by atoms with Crippen LogP contribution in [0, 0.1) is 20.8 Å². The molecule has 3 aromatic carbocycles. The molecule has 36 heavy (non-hydrogen) atoms. The molecule has 1 aliphatic heterocycles. The highest BCUT2D eigenvalue weighted by molar-refractivity contribution is 8.27. The summed E-state index contributed by atoms with van der Waals surface area (Å²) in [7, 11) is 0. The summed E-state index contributed by atoms with van der Waals surface area (Å²) in [5.74, 6) is -1.21. The highest BCUT2D eigenvalue weighted by Crippen LogP contribution is 2.37. The number of aryl methyl sites for hydroxylation is 3. The molecule has 8 heteroatoms. The number of nitrogens with one attached hydrogen (secondary N) is 1. The number of rotatable bonds is 6. The predicted molar refractivity (Wildman–Crippen MR) is 148 cm³/mol. The van der Waals surface area contributed by atoms with Crippen molar-refractivity contribution in [2.24, 2.45) is 0 Å². The maximum absolute atomic E-state index is 13.1. The van der Waals surface area contributed by atoms with Gasteiger partial charge in [0.05, 0.1) is 16.2 Å². The van der Waals surface area contributed by atoms with Crippen LogP contribution in [-0.4, -0.2) is 28.7 Å². The normalized spacial score (nSPS) is 14.3. The summed E-state index contributed by atoms with van der Waals surface area (Å²) in [6.45, 7) is 5.51. The van der Waals surface area contributed by atoms with Crippen molar-refractivity contribution >= 4 is 63.5 Å². The van der Waals surface area contributed by atoms with Gasteiger partial charge in [-0.3, -0.25) is 14.5 Å². The molecule has 0 radical (unpaired) electrons. The number of esters is 1. The molecule has 2 amide bonds. The number of carbonyl (C=O) groups is 3. The Labute approximate surface area is 219 Å². The Balaban J connectivity index is 1.37. The summed E-state index contributed by atoms with van der Waals surface area (Å²) in [6, 6.07) is 19.8. The number of amides is 2. The quantitative estimate of drug-likeness (QED) is 0.253. The van der Waals surface area contributed by atoms with Gasteiger partial charge in [-0.25, -0.2) is 4.79 Å². The number of thioether (sulfide) groups is 1. The van der Waals surface area contributed by atoms with E-state index in [1.54, 1.807) is 47.4 Å². The monoisotopic (exact) mass is 516 g/mol. The molecule has 1 heterocycles. The first-order valence-electron chi connectivity index (χ1n) is 11.2. The number of nitrogens with zero attached hydrogens (tertiary/aromatic N) is 1. The Morgan fingerprint density at radius 1 is 0.972 bits per heavy atom. The topological polar surface area (TPSA) is 75.7 Å². The molecule has 0 saturated carbocycles. The lowest BCUT2D eigenvalue weighted by Gasteiger charge is -2.17. The molecule has 0 aromatic heterocycles. The van der Waals surface area contributed by atoms with Crippen molar-refractivity contribution in [3.05, 3.63) is 99.5 Å². The van der Waals surface area contributed by atoms with Gasteiger partial charge in [-0.15, -0.1) is 0 Å². The van der Waals surface area contributed by atoms with Crippen molar-refractivity contribution in [2.45, 2.75) is 20.8 Å². The zero-order chi connectivity index (χ0) is 25.8. The van der Waals surface area contributed by atoms with Crippen LogP contribution < -0.4 is 10.2 Å². The predicted octanol–water partition coefficient (Wildman–Crippen LogP) is 5.81. The number of ether oxygens (including phenoxy) is 1. The lowest BCUT2D eigenvalue weighted by atomic mass is 10.1. The molecule has 0 bridgehead atoms. The Morgan fingerprint density at radius 3 is 2.31 bits per heavy atom. The third kappa shape index (κ3) is 5.90. The zero-order valence-electron chi connectivity index (χ0n) is 20.0. The van der Waals surface area contributed by atoms with E-state index in [-0.39, 0.29) is 5.91 Å². The first-order valence-corrected chi connectivity index (χ1v) is 12.4. The van der Waals surface area contributed by atoms with E-state index in [0.717, 1.165) is 27.9 Å². The third-order valence-electron chi connectivity index (χ3n) is 5.50. The van der Waals surface area contributed by atoms with E-state index >= 15 is 0 Å². The molecular formula is C28H24N2O4S2. The summed E-state index contributed by atoms with van der Waals surface area (Å²) in [6.07, 6.45) is 1.74. The molecule has 0 unspecified atom stereocenters. The summed E-state index contributed by atoms with van der Waals surface area (Å²) in [5, 5.41) is 2.68. The number of benzene rings is 3. The minimum Gasteiger partial charge on any atom is -0.452 e. The highest BCUT2D eigenvalue weighted by Gasteiger charge is 2.34. The van der Waals surface area contributed by atoms with Crippen LogP contribution in [0.15, 0.2) is 71.6 Å². The van der Waals surface area contributed by atoms with Crippen LogP contribution in [-0.2, 0) is 14.3 Å². The SMILES string of the molecule is Cc1ccc(NC(=O)COC(=O)c2ccc(/C=C3/SC(=S)N(c4ccc(C)cc4C)C3=O)cc2)cc1. The summed E-state index contributed by atoms with van der Waals surface area (Å²) >= 11 is 6.71. The standard InChI is InChI=1S/C28H24N2O4S2/c1-17-4-11-22(12-5-17)29-25(31)16-34-27(33)21-9-7-20(8-10-21)15-24-26(32)30(28(35)36-24)23-13-6-18(2)14-19(23)3/h4-15H,16H2,1-3H3,(H,29,31)/b24-15+. The van der Waals surface area contributed by atoms with Gasteiger partial charge in [0.25, 0.3) is 11.8 Å². The lowest BCUT2D eigenvalue weighted by Crippen LogP contribution is -2.28. The van der Waals surface area contributed by atoms with Gasteiger partial charge in [0, 0.05) is 5.69 Å². The molecule has 182 valence electrons. The van der Waals surface area contributed by atoms with E-state index in [4.69, 9.17) is 17.0 Å². The number of anilines is 2. The van der Waals surface area contributed by atoms with Gasteiger partial charge in [0.15, 0.2) is 10.9 Å². The Morgan fingerprint density at radius 2 is 1.64 bits per heavy atom. The molecule has 0 aliphatic carbocycles. The molecular weight excluding hydrogens is 492 g/mol. The fourth-order valence-corrected chi connectivity index (χ4v) is 4.93. The molecule has 1 fully saturated rings. The van der Waals surface area contributed by atoms with Gasteiger partial charge in [-0.2, -0.15) is 0 Å². The van der Waals surface area contributed by atoms with Crippen LogP contribution >= 0.6 is 24.0 Å². The Hall–Kier alpha value is -3.75. The van der Waals surface area contributed by atoms with Gasteiger partial charge in [0.1, 0.15) is 0 Å². The van der Waals surface area contributed by atoms with Gasteiger partial charge >= 0.3 is 5.97 Å². The second-order valence-corrected chi connectivity index (χ2v) is 10.1. The molecule has 4 rings (SSSR count). The van der Waals surface area contributed by atoms with Gasteiger partial charge in [-0.1, -0.05) is 71.5 Å². The average molecular weight is 517 g/mol. The highest BCUT2D eigenvalue weighted by atomic mass is 32.2. The van der Waals surface area contributed by atoms with Gasteiger partial charge in [0.2, 0.25) is 0 Å².